The molecule has 5 nitrogen and oxygen atoms in total. The molecule has 0 aromatic rings. The molecule has 3 N–H and O–H groups in total. The van der Waals surface area contributed by atoms with Crippen molar-refractivity contribution in [3.05, 3.63) is 12.7 Å². The second-order valence-electron chi connectivity index (χ2n) is 6.35. The highest BCUT2D eigenvalue weighted by Crippen LogP contribution is 2.19. The van der Waals surface area contributed by atoms with E-state index in [4.69, 9.17) is 9.47 Å². The molecule has 0 aromatic heterocycles. The van der Waals surface area contributed by atoms with Crippen LogP contribution in [0.1, 0.15) is 57.8 Å². The van der Waals surface area contributed by atoms with Crippen LogP contribution in [0.5, 0.6) is 0 Å². The summed E-state index contributed by atoms with van der Waals surface area (Å²) < 4.78 is 10.9. The van der Waals surface area contributed by atoms with E-state index >= 15 is 0 Å². The fourth-order valence-electron chi connectivity index (χ4n) is 2.89. The number of ether oxygens (including phenoxy) is 2. The monoisotopic (exact) mass is 330 g/mol. The smallest absolute Gasteiger partial charge is 0.114 e. The molecule has 1 saturated heterocycles. The number of hydrogen-bond acceptors (Lipinski definition) is 5. The van der Waals surface area contributed by atoms with Gasteiger partial charge < -0.3 is 24.8 Å². The van der Waals surface area contributed by atoms with Crippen LogP contribution >= 0.6 is 0 Å². The van der Waals surface area contributed by atoms with E-state index in [9.17, 15) is 15.3 Å². The third kappa shape index (κ3) is 8.27. The first-order valence-corrected chi connectivity index (χ1v) is 9.01. The third-order valence-electron chi connectivity index (χ3n) is 4.37. The molecule has 136 valence electrons. The van der Waals surface area contributed by atoms with Crippen LogP contribution in [-0.4, -0.2) is 59.6 Å². The second-order valence-corrected chi connectivity index (χ2v) is 6.35. The Morgan fingerprint density at radius 3 is 2.22 bits per heavy atom. The van der Waals surface area contributed by atoms with Crippen molar-refractivity contribution in [3.8, 4) is 0 Å². The Morgan fingerprint density at radius 2 is 1.61 bits per heavy atom. The number of allylic oxidation sites excluding steroid dienone is 1. The zero-order valence-corrected chi connectivity index (χ0v) is 14.2. The van der Waals surface area contributed by atoms with Gasteiger partial charge in [-0.05, 0) is 19.3 Å². The fraction of sp³-hybridized carbons (Fsp3) is 0.889. The van der Waals surface area contributed by atoms with E-state index in [1.807, 2.05) is 6.08 Å². The Balaban J connectivity index is 2.00. The SMILES string of the molecule is C=CCCCCCCCCCCO[C@H]1[C@H](O)[C@@H](O)CO[C@@H]1CO. The second kappa shape index (κ2) is 12.9. The average molecular weight is 330 g/mol. The van der Waals surface area contributed by atoms with Crippen LogP contribution in [0.25, 0.3) is 0 Å². The van der Waals surface area contributed by atoms with E-state index in [0.717, 1.165) is 19.3 Å². The van der Waals surface area contributed by atoms with Gasteiger partial charge in [-0.3, -0.25) is 0 Å². The summed E-state index contributed by atoms with van der Waals surface area (Å²) in [7, 11) is 0. The maximum atomic E-state index is 9.93. The predicted molar refractivity (Wildman–Crippen MR) is 90.3 cm³/mol. The van der Waals surface area contributed by atoms with Crippen LogP contribution in [0, 0.1) is 0 Å². The molecule has 1 fully saturated rings. The summed E-state index contributed by atoms with van der Waals surface area (Å²) in [6.45, 7) is 4.08. The summed E-state index contributed by atoms with van der Waals surface area (Å²) >= 11 is 0. The molecule has 23 heavy (non-hydrogen) atoms. The lowest BCUT2D eigenvalue weighted by molar-refractivity contribution is -0.211. The molecule has 1 rings (SSSR count). The van der Waals surface area contributed by atoms with Crippen molar-refractivity contribution in [1.82, 2.24) is 0 Å². The number of hydrogen-bond donors (Lipinski definition) is 3. The van der Waals surface area contributed by atoms with Crippen molar-refractivity contribution in [3.63, 3.8) is 0 Å². The van der Waals surface area contributed by atoms with E-state index in [0.29, 0.717) is 6.61 Å². The first kappa shape index (κ1) is 20.6. The summed E-state index contributed by atoms with van der Waals surface area (Å²) in [6.07, 6.45) is 9.57. The minimum absolute atomic E-state index is 0.0407. The molecule has 5 heteroatoms. The molecule has 0 amide bonds. The fourth-order valence-corrected chi connectivity index (χ4v) is 2.89. The van der Waals surface area contributed by atoms with Crippen LogP contribution in [0.15, 0.2) is 12.7 Å². The van der Waals surface area contributed by atoms with Gasteiger partial charge >= 0.3 is 0 Å². The summed E-state index contributed by atoms with van der Waals surface area (Å²) in [5.74, 6) is 0. The van der Waals surface area contributed by atoms with Gasteiger partial charge in [0.15, 0.2) is 0 Å². The highest BCUT2D eigenvalue weighted by Gasteiger charge is 2.39. The molecule has 1 heterocycles. The highest BCUT2D eigenvalue weighted by molar-refractivity contribution is 4.87. The summed E-state index contributed by atoms with van der Waals surface area (Å²) in [5, 5.41) is 28.8. The first-order valence-electron chi connectivity index (χ1n) is 9.01. The Labute approximate surface area is 140 Å². The van der Waals surface area contributed by atoms with Crippen molar-refractivity contribution in [2.45, 2.75) is 82.2 Å². The molecule has 0 aromatic carbocycles. The lowest BCUT2D eigenvalue weighted by Gasteiger charge is -2.37. The number of rotatable bonds is 13. The Morgan fingerprint density at radius 1 is 1.00 bits per heavy atom. The minimum atomic E-state index is -0.989. The lowest BCUT2D eigenvalue weighted by atomic mass is 10.0. The van der Waals surface area contributed by atoms with E-state index in [1.54, 1.807) is 0 Å². The van der Waals surface area contributed by atoms with E-state index in [2.05, 4.69) is 6.58 Å². The molecular formula is C18H34O5. The molecule has 0 saturated carbocycles. The zero-order valence-electron chi connectivity index (χ0n) is 14.2. The maximum absolute atomic E-state index is 9.93. The molecule has 0 unspecified atom stereocenters. The minimum Gasteiger partial charge on any atom is -0.394 e. The van der Waals surface area contributed by atoms with Crippen LogP contribution in [0.4, 0.5) is 0 Å². The standard InChI is InChI=1S/C18H34O5/c1-2-3-4-5-6-7-8-9-10-11-12-22-18-16(13-19)23-14-15(20)17(18)21/h2,15-21H,1,3-14H2/t15-,16+,17+,18+/m0/s1. The van der Waals surface area contributed by atoms with Gasteiger partial charge in [-0.15, -0.1) is 6.58 Å². The highest BCUT2D eigenvalue weighted by atomic mass is 16.6. The molecule has 0 spiro atoms. The van der Waals surface area contributed by atoms with Gasteiger partial charge in [0, 0.05) is 6.61 Å². The molecular weight excluding hydrogens is 296 g/mol. The van der Waals surface area contributed by atoms with Crippen molar-refractivity contribution < 1.29 is 24.8 Å². The topological polar surface area (TPSA) is 79.2 Å². The summed E-state index contributed by atoms with van der Waals surface area (Å²) in [6, 6.07) is 0. The van der Waals surface area contributed by atoms with E-state index in [1.165, 1.54) is 38.5 Å². The Hall–Kier alpha value is -0.460. The van der Waals surface area contributed by atoms with E-state index < -0.39 is 24.4 Å². The van der Waals surface area contributed by atoms with E-state index in [-0.39, 0.29) is 13.2 Å². The predicted octanol–water partition coefficient (Wildman–Crippen LogP) is 2.18. The first-order chi connectivity index (χ1) is 11.2. The van der Waals surface area contributed by atoms with Crippen LogP contribution < -0.4 is 0 Å². The zero-order chi connectivity index (χ0) is 16.9. The molecule has 0 radical (unpaired) electrons. The molecule has 0 bridgehead atoms. The van der Waals surface area contributed by atoms with Gasteiger partial charge in [-0.1, -0.05) is 44.6 Å². The van der Waals surface area contributed by atoms with Crippen LogP contribution in [0.2, 0.25) is 0 Å². The number of aliphatic hydroxyl groups excluding tert-OH is 3. The Kier molecular flexibility index (Phi) is 11.5. The summed E-state index contributed by atoms with van der Waals surface area (Å²) in [4.78, 5) is 0. The third-order valence-corrected chi connectivity index (χ3v) is 4.37. The molecule has 1 aliphatic heterocycles. The van der Waals surface area contributed by atoms with Gasteiger partial charge in [-0.25, -0.2) is 0 Å². The number of unbranched alkanes of at least 4 members (excludes halogenated alkanes) is 8. The average Bonchev–Trinajstić information content (AvgIpc) is 2.56. The largest absolute Gasteiger partial charge is 0.394 e. The van der Waals surface area contributed by atoms with Crippen molar-refractivity contribution in [2.75, 3.05) is 19.8 Å². The molecule has 0 aliphatic carbocycles. The van der Waals surface area contributed by atoms with Crippen molar-refractivity contribution in [2.24, 2.45) is 0 Å². The quantitative estimate of drug-likeness (QED) is 0.356. The maximum Gasteiger partial charge on any atom is 0.114 e. The molecule has 4 atom stereocenters. The van der Waals surface area contributed by atoms with Gasteiger partial charge in [0.1, 0.15) is 24.4 Å². The van der Waals surface area contributed by atoms with Gasteiger partial charge in [-0.2, -0.15) is 0 Å². The van der Waals surface area contributed by atoms with Crippen LogP contribution in [-0.2, 0) is 9.47 Å². The normalized spacial score (nSPS) is 28.0. The number of aliphatic hydroxyl groups is 3. The van der Waals surface area contributed by atoms with Gasteiger partial charge in [0.05, 0.1) is 13.2 Å². The molecule has 1 aliphatic rings. The van der Waals surface area contributed by atoms with Crippen molar-refractivity contribution >= 4 is 0 Å². The van der Waals surface area contributed by atoms with Crippen LogP contribution in [0.3, 0.4) is 0 Å². The summed E-state index contributed by atoms with van der Waals surface area (Å²) in [5.41, 5.74) is 0. The van der Waals surface area contributed by atoms with Gasteiger partial charge in [0.2, 0.25) is 0 Å². The van der Waals surface area contributed by atoms with Gasteiger partial charge in [0.25, 0.3) is 0 Å². The Bertz CT molecular complexity index is 295. The lowest BCUT2D eigenvalue weighted by Crippen LogP contribution is -2.55. The van der Waals surface area contributed by atoms with Crippen molar-refractivity contribution in [1.29, 1.82) is 0 Å².